The fourth-order valence-corrected chi connectivity index (χ4v) is 1.71. The van der Waals surface area contributed by atoms with Gasteiger partial charge in [-0.3, -0.25) is 4.79 Å². The van der Waals surface area contributed by atoms with Gasteiger partial charge in [0.05, 0.1) is 13.7 Å². The lowest BCUT2D eigenvalue weighted by molar-refractivity contribution is -0.143. The van der Waals surface area contributed by atoms with E-state index in [1.807, 2.05) is 12.1 Å². The van der Waals surface area contributed by atoms with Gasteiger partial charge in [-0.1, -0.05) is 6.07 Å². The summed E-state index contributed by atoms with van der Waals surface area (Å²) in [6, 6.07) is 5.31. The lowest BCUT2D eigenvalue weighted by Crippen LogP contribution is -2.03. The Labute approximate surface area is 108 Å². The number of rotatable bonds is 7. The Morgan fingerprint density at radius 2 is 2.11 bits per heavy atom. The SMILES string of the molecule is CCOC(=O)CCCCc1ccc(O)c(OC)c1. The number of ether oxygens (including phenoxy) is 2. The van der Waals surface area contributed by atoms with Gasteiger partial charge in [0.1, 0.15) is 0 Å². The highest BCUT2D eigenvalue weighted by molar-refractivity contribution is 5.69. The molecular formula is C14H20O4. The Hall–Kier alpha value is -1.71. The van der Waals surface area contributed by atoms with Crippen LogP contribution in [0.4, 0.5) is 0 Å². The molecule has 0 aliphatic carbocycles. The molecular weight excluding hydrogens is 232 g/mol. The van der Waals surface area contributed by atoms with Crippen LogP contribution in [-0.2, 0) is 16.0 Å². The van der Waals surface area contributed by atoms with E-state index in [9.17, 15) is 9.90 Å². The van der Waals surface area contributed by atoms with Crippen LogP contribution >= 0.6 is 0 Å². The van der Waals surface area contributed by atoms with Crippen LogP contribution in [0.15, 0.2) is 18.2 Å². The van der Waals surface area contributed by atoms with Crippen molar-refractivity contribution in [3.8, 4) is 11.5 Å². The number of phenols is 1. The second kappa shape index (κ2) is 7.58. The summed E-state index contributed by atoms with van der Waals surface area (Å²) in [5.41, 5.74) is 1.09. The van der Waals surface area contributed by atoms with E-state index in [1.54, 1.807) is 13.0 Å². The standard InChI is InChI=1S/C14H20O4/c1-3-18-14(16)7-5-4-6-11-8-9-12(15)13(10-11)17-2/h8-10,15H,3-7H2,1-2H3. The maximum Gasteiger partial charge on any atom is 0.305 e. The molecule has 100 valence electrons. The lowest BCUT2D eigenvalue weighted by atomic mass is 10.1. The smallest absolute Gasteiger partial charge is 0.305 e. The molecule has 18 heavy (non-hydrogen) atoms. The average Bonchev–Trinajstić information content (AvgIpc) is 2.37. The van der Waals surface area contributed by atoms with Crippen molar-refractivity contribution in [2.75, 3.05) is 13.7 Å². The number of hydrogen-bond acceptors (Lipinski definition) is 4. The first-order chi connectivity index (χ1) is 8.67. The van der Waals surface area contributed by atoms with Crippen molar-refractivity contribution in [1.82, 2.24) is 0 Å². The number of carbonyl (C=O) groups is 1. The van der Waals surface area contributed by atoms with Gasteiger partial charge in [0.15, 0.2) is 11.5 Å². The van der Waals surface area contributed by atoms with Crippen LogP contribution in [0.2, 0.25) is 0 Å². The van der Waals surface area contributed by atoms with Crippen molar-refractivity contribution >= 4 is 5.97 Å². The zero-order chi connectivity index (χ0) is 13.4. The molecule has 0 unspecified atom stereocenters. The van der Waals surface area contributed by atoms with Crippen molar-refractivity contribution in [2.24, 2.45) is 0 Å². The summed E-state index contributed by atoms with van der Waals surface area (Å²) in [7, 11) is 1.53. The molecule has 0 radical (unpaired) electrons. The van der Waals surface area contributed by atoms with E-state index >= 15 is 0 Å². The Kier molecular flexibility index (Phi) is 6.05. The minimum Gasteiger partial charge on any atom is -0.504 e. The van der Waals surface area contributed by atoms with Crippen molar-refractivity contribution in [3.05, 3.63) is 23.8 Å². The van der Waals surface area contributed by atoms with E-state index in [1.165, 1.54) is 7.11 Å². The third kappa shape index (κ3) is 4.65. The first-order valence-corrected chi connectivity index (χ1v) is 6.19. The molecule has 1 rings (SSSR count). The third-order valence-corrected chi connectivity index (χ3v) is 2.65. The van der Waals surface area contributed by atoms with E-state index in [0.717, 1.165) is 24.8 Å². The van der Waals surface area contributed by atoms with E-state index in [0.29, 0.717) is 18.8 Å². The molecule has 0 saturated heterocycles. The van der Waals surface area contributed by atoms with Gasteiger partial charge in [0.25, 0.3) is 0 Å². The second-order valence-electron chi connectivity index (χ2n) is 4.02. The van der Waals surface area contributed by atoms with Crippen LogP contribution in [0.5, 0.6) is 11.5 Å². The summed E-state index contributed by atoms with van der Waals surface area (Å²) in [4.78, 5) is 11.1. The quantitative estimate of drug-likeness (QED) is 0.598. The summed E-state index contributed by atoms with van der Waals surface area (Å²) < 4.78 is 9.89. The molecule has 0 aromatic heterocycles. The molecule has 0 aliphatic rings. The molecule has 0 amide bonds. The zero-order valence-electron chi connectivity index (χ0n) is 10.9. The van der Waals surface area contributed by atoms with Crippen LogP contribution in [0, 0.1) is 0 Å². The summed E-state index contributed by atoms with van der Waals surface area (Å²) in [6.45, 7) is 2.24. The highest BCUT2D eigenvalue weighted by Gasteiger charge is 2.04. The Morgan fingerprint density at radius 3 is 2.78 bits per heavy atom. The number of carbonyl (C=O) groups excluding carboxylic acids is 1. The van der Waals surface area contributed by atoms with Crippen LogP contribution < -0.4 is 4.74 Å². The topological polar surface area (TPSA) is 55.8 Å². The highest BCUT2D eigenvalue weighted by Crippen LogP contribution is 2.26. The normalized spacial score (nSPS) is 10.1. The van der Waals surface area contributed by atoms with Gasteiger partial charge in [0, 0.05) is 6.42 Å². The van der Waals surface area contributed by atoms with Crippen molar-refractivity contribution in [2.45, 2.75) is 32.6 Å². The van der Waals surface area contributed by atoms with Gasteiger partial charge >= 0.3 is 5.97 Å². The zero-order valence-corrected chi connectivity index (χ0v) is 10.9. The first kappa shape index (κ1) is 14.4. The van der Waals surface area contributed by atoms with Crippen molar-refractivity contribution in [3.63, 3.8) is 0 Å². The van der Waals surface area contributed by atoms with Crippen LogP contribution in [0.25, 0.3) is 0 Å². The number of esters is 1. The van der Waals surface area contributed by atoms with Crippen LogP contribution in [-0.4, -0.2) is 24.8 Å². The maximum atomic E-state index is 11.1. The number of aryl methyl sites for hydroxylation is 1. The van der Waals surface area contributed by atoms with Gasteiger partial charge in [-0.15, -0.1) is 0 Å². The average molecular weight is 252 g/mol. The largest absolute Gasteiger partial charge is 0.504 e. The predicted octanol–water partition coefficient (Wildman–Crippen LogP) is 2.68. The summed E-state index contributed by atoms with van der Waals surface area (Å²) in [6.07, 6.45) is 3.04. The molecule has 0 spiro atoms. The summed E-state index contributed by atoms with van der Waals surface area (Å²) >= 11 is 0. The van der Waals surface area contributed by atoms with Gasteiger partial charge in [0.2, 0.25) is 0 Å². The summed E-state index contributed by atoms with van der Waals surface area (Å²) in [5.74, 6) is 0.492. The molecule has 1 aromatic carbocycles. The molecule has 4 nitrogen and oxygen atoms in total. The van der Waals surface area contributed by atoms with Gasteiger partial charge < -0.3 is 14.6 Å². The van der Waals surface area contributed by atoms with E-state index in [-0.39, 0.29) is 11.7 Å². The fraction of sp³-hybridized carbons (Fsp3) is 0.500. The van der Waals surface area contributed by atoms with Gasteiger partial charge in [-0.25, -0.2) is 0 Å². The predicted molar refractivity (Wildman–Crippen MR) is 68.8 cm³/mol. The van der Waals surface area contributed by atoms with Crippen molar-refractivity contribution in [1.29, 1.82) is 0 Å². The molecule has 0 fully saturated rings. The number of methoxy groups -OCH3 is 1. The molecule has 0 saturated carbocycles. The molecule has 1 N–H and O–H groups in total. The monoisotopic (exact) mass is 252 g/mol. The van der Waals surface area contributed by atoms with Gasteiger partial charge in [-0.2, -0.15) is 0 Å². The second-order valence-corrected chi connectivity index (χ2v) is 4.02. The van der Waals surface area contributed by atoms with Gasteiger partial charge in [-0.05, 0) is 43.9 Å². The Morgan fingerprint density at radius 1 is 1.33 bits per heavy atom. The number of unbranched alkanes of at least 4 members (excludes halogenated alkanes) is 1. The molecule has 0 atom stereocenters. The molecule has 1 aromatic rings. The number of aromatic hydroxyl groups is 1. The minimum atomic E-state index is -0.138. The molecule has 4 heteroatoms. The molecule has 0 heterocycles. The number of hydrogen-bond donors (Lipinski definition) is 1. The summed E-state index contributed by atoms with van der Waals surface area (Å²) in [5, 5.41) is 9.45. The fourth-order valence-electron chi connectivity index (χ4n) is 1.71. The van der Waals surface area contributed by atoms with Crippen LogP contribution in [0.3, 0.4) is 0 Å². The number of benzene rings is 1. The van der Waals surface area contributed by atoms with Crippen molar-refractivity contribution < 1.29 is 19.4 Å². The molecule has 0 bridgehead atoms. The lowest BCUT2D eigenvalue weighted by Gasteiger charge is -2.06. The first-order valence-electron chi connectivity index (χ1n) is 6.19. The Bertz CT molecular complexity index is 387. The van der Waals surface area contributed by atoms with E-state index in [4.69, 9.17) is 9.47 Å². The minimum absolute atomic E-state index is 0.138. The third-order valence-electron chi connectivity index (χ3n) is 2.65. The van der Waals surface area contributed by atoms with Crippen LogP contribution in [0.1, 0.15) is 31.7 Å². The van der Waals surface area contributed by atoms with E-state index < -0.39 is 0 Å². The Balaban J connectivity index is 2.33. The van der Waals surface area contributed by atoms with E-state index in [2.05, 4.69) is 0 Å². The molecule has 0 aliphatic heterocycles. The number of phenolic OH excluding ortho intramolecular Hbond substituents is 1. The highest BCUT2D eigenvalue weighted by atomic mass is 16.5. The maximum absolute atomic E-state index is 11.1.